The molecule has 0 aliphatic heterocycles. The van der Waals surface area contributed by atoms with Crippen molar-refractivity contribution in [3.8, 4) is 0 Å². The Balaban J connectivity index is 2.70. The fourth-order valence-corrected chi connectivity index (χ4v) is 1.37. The number of carboxylic acid groups (broad SMARTS) is 1. The van der Waals surface area contributed by atoms with E-state index in [0.29, 0.717) is 11.3 Å². The maximum Gasteiger partial charge on any atom is 0.407 e. The lowest BCUT2D eigenvalue weighted by atomic mass is 10.1. The summed E-state index contributed by atoms with van der Waals surface area (Å²) in [7, 11) is 0. The molecule has 0 aliphatic carbocycles. The highest BCUT2D eigenvalue weighted by Gasteiger charge is 2.16. The van der Waals surface area contributed by atoms with Crippen LogP contribution in [0.2, 0.25) is 0 Å². The van der Waals surface area contributed by atoms with Crippen molar-refractivity contribution in [1.29, 1.82) is 0 Å². The molecule has 0 heterocycles. The number of rotatable bonds is 3. The van der Waals surface area contributed by atoms with Crippen LogP contribution in [0.3, 0.4) is 0 Å². The molecule has 0 spiro atoms. The van der Waals surface area contributed by atoms with Gasteiger partial charge < -0.3 is 20.9 Å². The van der Waals surface area contributed by atoms with Crippen LogP contribution in [0.25, 0.3) is 0 Å². The third-order valence-electron chi connectivity index (χ3n) is 2.21. The summed E-state index contributed by atoms with van der Waals surface area (Å²) < 4.78 is 5.07. The Morgan fingerprint density at radius 2 is 2.00 bits per heavy atom. The van der Waals surface area contributed by atoms with Crippen molar-refractivity contribution in [2.24, 2.45) is 0 Å². The molecule has 1 amide bonds. The number of nitrogens with two attached hydrogens (primary N) is 1. The van der Waals surface area contributed by atoms with Crippen LogP contribution in [0.5, 0.6) is 0 Å². The van der Waals surface area contributed by atoms with Gasteiger partial charge in [0.2, 0.25) is 0 Å². The maximum absolute atomic E-state index is 11.5. The van der Waals surface area contributed by atoms with Crippen LogP contribution in [-0.2, 0) is 11.3 Å². The van der Waals surface area contributed by atoms with Gasteiger partial charge in [-0.2, -0.15) is 0 Å². The Bertz CT molecular complexity index is 492. The van der Waals surface area contributed by atoms with E-state index >= 15 is 0 Å². The van der Waals surface area contributed by atoms with Gasteiger partial charge in [-0.25, -0.2) is 9.59 Å². The minimum Gasteiger partial charge on any atom is -0.478 e. The lowest BCUT2D eigenvalue weighted by Gasteiger charge is -2.19. The molecule has 0 saturated carbocycles. The third kappa shape index (κ3) is 4.87. The molecule has 1 aromatic rings. The van der Waals surface area contributed by atoms with Crippen LogP contribution in [0.4, 0.5) is 10.5 Å². The maximum atomic E-state index is 11.5. The van der Waals surface area contributed by atoms with E-state index in [4.69, 9.17) is 15.6 Å². The number of carbonyl (C=O) groups excluding carboxylic acids is 1. The van der Waals surface area contributed by atoms with Crippen molar-refractivity contribution in [2.75, 3.05) is 5.73 Å². The number of nitrogens with one attached hydrogen (secondary N) is 1. The summed E-state index contributed by atoms with van der Waals surface area (Å²) in [5.74, 6) is -1.04. The monoisotopic (exact) mass is 266 g/mol. The fraction of sp³-hybridized carbons (Fsp3) is 0.385. The van der Waals surface area contributed by atoms with Gasteiger partial charge in [-0.1, -0.05) is 0 Å². The summed E-state index contributed by atoms with van der Waals surface area (Å²) in [4.78, 5) is 22.3. The van der Waals surface area contributed by atoms with E-state index in [1.165, 1.54) is 18.2 Å². The summed E-state index contributed by atoms with van der Waals surface area (Å²) >= 11 is 0. The molecular formula is C13H18N2O4. The Morgan fingerprint density at radius 3 is 2.53 bits per heavy atom. The summed E-state index contributed by atoms with van der Waals surface area (Å²) in [6.45, 7) is 5.38. The van der Waals surface area contributed by atoms with E-state index in [9.17, 15) is 9.59 Å². The minimum absolute atomic E-state index is 0.113. The summed E-state index contributed by atoms with van der Waals surface area (Å²) in [6.07, 6.45) is -0.576. The first-order valence-corrected chi connectivity index (χ1v) is 5.77. The molecule has 4 N–H and O–H groups in total. The van der Waals surface area contributed by atoms with Crippen molar-refractivity contribution >= 4 is 17.7 Å². The molecule has 1 rings (SSSR count). The third-order valence-corrected chi connectivity index (χ3v) is 2.21. The number of ether oxygens (including phenoxy) is 1. The van der Waals surface area contributed by atoms with Crippen LogP contribution in [0, 0.1) is 0 Å². The Kier molecular flexibility index (Phi) is 4.37. The molecule has 0 aromatic heterocycles. The normalized spacial score (nSPS) is 10.9. The minimum atomic E-state index is -1.04. The van der Waals surface area contributed by atoms with E-state index in [1.807, 2.05) is 0 Å². The van der Waals surface area contributed by atoms with Crippen molar-refractivity contribution < 1.29 is 19.4 Å². The highest BCUT2D eigenvalue weighted by molar-refractivity contribution is 5.88. The number of hydrogen-bond acceptors (Lipinski definition) is 4. The van der Waals surface area contributed by atoms with Crippen molar-refractivity contribution in [1.82, 2.24) is 5.32 Å². The molecular weight excluding hydrogens is 248 g/mol. The second-order valence-corrected chi connectivity index (χ2v) is 5.07. The largest absolute Gasteiger partial charge is 0.478 e. The number of alkyl carbamates (subject to hydrolysis) is 1. The summed E-state index contributed by atoms with van der Waals surface area (Å²) in [5, 5.41) is 11.4. The quantitative estimate of drug-likeness (QED) is 0.726. The predicted molar refractivity (Wildman–Crippen MR) is 70.9 cm³/mol. The Hall–Kier alpha value is -2.24. The van der Waals surface area contributed by atoms with Crippen molar-refractivity contribution in [3.63, 3.8) is 0 Å². The van der Waals surface area contributed by atoms with Crippen LogP contribution in [0.15, 0.2) is 18.2 Å². The molecule has 1 aromatic carbocycles. The molecule has 6 nitrogen and oxygen atoms in total. The molecule has 0 bridgehead atoms. The average molecular weight is 266 g/mol. The van der Waals surface area contributed by atoms with Crippen LogP contribution < -0.4 is 11.1 Å². The number of benzene rings is 1. The highest BCUT2D eigenvalue weighted by atomic mass is 16.6. The molecule has 0 saturated heterocycles. The number of amides is 1. The first kappa shape index (κ1) is 14.8. The van der Waals surface area contributed by atoms with E-state index < -0.39 is 17.7 Å². The molecule has 0 atom stereocenters. The zero-order chi connectivity index (χ0) is 14.6. The Labute approximate surface area is 111 Å². The molecule has 0 radical (unpaired) electrons. The summed E-state index contributed by atoms with van der Waals surface area (Å²) in [5.41, 5.74) is 6.20. The van der Waals surface area contributed by atoms with E-state index in [1.54, 1.807) is 20.8 Å². The van der Waals surface area contributed by atoms with Crippen LogP contribution in [-0.4, -0.2) is 22.8 Å². The smallest absolute Gasteiger partial charge is 0.407 e. The standard InChI is InChI=1S/C13H18N2O4/c1-13(2,3)19-12(18)15-7-9-6-8(11(16)17)4-5-10(9)14/h4-6H,7,14H2,1-3H3,(H,15,18)(H,16,17). The van der Waals surface area contributed by atoms with Crippen molar-refractivity contribution in [2.45, 2.75) is 32.9 Å². The van der Waals surface area contributed by atoms with Crippen molar-refractivity contribution in [3.05, 3.63) is 29.3 Å². The average Bonchev–Trinajstić information content (AvgIpc) is 2.25. The zero-order valence-corrected chi connectivity index (χ0v) is 11.2. The van der Waals surface area contributed by atoms with Gasteiger partial charge in [0.15, 0.2) is 0 Å². The molecule has 104 valence electrons. The van der Waals surface area contributed by atoms with Gasteiger partial charge in [0, 0.05) is 12.2 Å². The number of hydrogen-bond donors (Lipinski definition) is 3. The fourth-order valence-electron chi connectivity index (χ4n) is 1.37. The van der Waals surface area contributed by atoms with Gasteiger partial charge >= 0.3 is 12.1 Å². The second-order valence-electron chi connectivity index (χ2n) is 5.07. The predicted octanol–water partition coefficient (Wildman–Crippen LogP) is 1.99. The van der Waals surface area contributed by atoms with Crippen LogP contribution >= 0.6 is 0 Å². The second kappa shape index (κ2) is 5.60. The van der Waals surface area contributed by atoms with Gasteiger partial charge in [-0.05, 0) is 44.5 Å². The molecule has 0 aliphatic rings. The number of nitrogen functional groups attached to an aromatic ring is 1. The lowest BCUT2D eigenvalue weighted by Crippen LogP contribution is -2.32. The van der Waals surface area contributed by atoms with E-state index in [-0.39, 0.29) is 12.1 Å². The van der Waals surface area contributed by atoms with Crippen LogP contribution in [0.1, 0.15) is 36.7 Å². The first-order valence-electron chi connectivity index (χ1n) is 5.77. The SMILES string of the molecule is CC(C)(C)OC(=O)NCc1cc(C(=O)O)ccc1N. The zero-order valence-electron chi connectivity index (χ0n) is 11.2. The topological polar surface area (TPSA) is 102 Å². The van der Waals surface area contributed by atoms with Gasteiger partial charge in [-0.3, -0.25) is 0 Å². The molecule has 19 heavy (non-hydrogen) atoms. The molecule has 0 unspecified atom stereocenters. The highest BCUT2D eigenvalue weighted by Crippen LogP contribution is 2.14. The first-order chi connectivity index (χ1) is 8.69. The number of carbonyl (C=O) groups is 2. The Morgan fingerprint density at radius 1 is 1.37 bits per heavy atom. The molecule has 6 heteroatoms. The van der Waals surface area contributed by atoms with E-state index in [0.717, 1.165) is 0 Å². The van der Waals surface area contributed by atoms with Gasteiger partial charge in [-0.15, -0.1) is 0 Å². The van der Waals surface area contributed by atoms with Gasteiger partial charge in [0.05, 0.1) is 5.56 Å². The van der Waals surface area contributed by atoms with Gasteiger partial charge in [0.25, 0.3) is 0 Å². The number of anilines is 1. The lowest BCUT2D eigenvalue weighted by molar-refractivity contribution is 0.0523. The number of aromatic carboxylic acids is 1. The molecule has 0 fully saturated rings. The number of carboxylic acids is 1. The van der Waals surface area contributed by atoms with Gasteiger partial charge in [0.1, 0.15) is 5.60 Å². The summed E-state index contributed by atoms with van der Waals surface area (Å²) in [6, 6.07) is 4.33. The van der Waals surface area contributed by atoms with E-state index in [2.05, 4.69) is 5.32 Å².